The molecule has 1 unspecified atom stereocenters. The summed E-state index contributed by atoms with van der Waals surface area (Å²) in [6.07, 6.45) is 2.16. The fourth-order valence-electron chi connectivity index (χ4n) is 2.60. The predicted octanol–water partition coefficient (Wildman–Crippen LogP) is 1.63. The van der Waals surface area contributed by atoms with Crippen LogP contribution in [0.3, 0.4) is 0 Å². The molecule has 1 aromatic heterocycles. The van der Waals surface area contributed by atoms with E-state index < -0.39 is 0 Å². The van der Waals surface area contributed by atoms with Crippen LogP contribution in [0.1, 0.15) is 19.8 Å². The number of likely N-dealkylation sites (tertiary alicyclic amines) is 1. The minimum atomic E-state index is -0.360. The molecule has 1 saturated heterocycles. The molecule has 0 aliphatic carbocycles. The molecule has 0 spiro atoms. The molecule has 110 valence electrons. The van der Waals surface area contributed by atoms with E-state index in [4.69, 9.17) is 5.73 Å². The summed E-state index contributed by atoms with van der Waals surface area (Å²) in [6, 6.07) is 7.17. The molecule has 0 saturated carbocycles. The summed E-state index contributed by atoms with van der Waals surface area (Å²) in [5.74, 6) is 0.866. The van der Waals surface area contributed by atoms with Gasteiger partial charge in [0.05, 0.1) is 11.0 Å². The zero-order chi connectivity index (χ0) is 14.8. The van der Waals surface area contributed by atoms with Gasteiger partial charge in [0.2, 0.25) is 5.91 Å². The molecule has 3 rings (SSSR count). The fraction of sp³-hybridized carbons (Fsp3) is 0.400. The van der Waals surface area contributed by atoms with Crippen LogP contribution in [-0.4, -0.2) is 39.9 Å². The minimum absolute atomic E-state index is 0.0851. The Morgan fingerprint density at radius 2 is 1.86 bits per heavy atom. The third kappa shape index (κ3) is 2.74. The number of aromatic nitrogens is 2. The Morgan fingerprint density at radius 3 is 2.52 bits per heavy atom. The number of fused-ring (bicyclic) bond motifs is 1. The van der Waals surface area contributed by atoms with Crippen LogP contribution in [0.2, 0.25) is 0 Å². The minimum Gasteiger partial charge on any atom is -0.381 e. The molecule has 2 heterocycles. The molecule has 0 bridgehead atoms. The van der Waals surface area contributed by atoms with Crippen LogP contribution in [0.4, 0.5) is 11.6 Å². The van der Waals surface area contributed by atoms with Gasteiger partial charge in [-0.1, -0.05) is 12.1 Å². The lowest BCUT2D eigenvalue weighted by Gasteiger charge is -2.21. The van der Waals surface area contributed by atoms with E-state index in [1.807, 2.05) is 36.1 Å². The van der Waals surface area contributed by atoms with Crippen LogP contribution >= 0.6 is 0 Å². The second-order valence-corrected chi connectivity index (χ2v) is 5.34. The third-order valence-electron chi connectivity index (χ3n) is 3.74. The first-order chi connectivity index (χ1) is 10.1. The van der Waals surface area contributed by atoms with Gasteiger partial charge in [0.15, 0.2) is 11.6 Å². The Labute approximate surface area is 123 Å². The summed E-state index contributed by atoms with van der Waals surface area (Å²) in [6.45, 7) is 3.50. The van der Waals surface area contributed by atoms with Gasteiger partial charge in [0, 0.05) is 13.1 Å². The Bertz CT molecular complexity index is 666. The van der Waals surface area contributed by atoms with Crippen LogP contribution in [0.5, 0.6) is 0 Å². The molecular formula is C15H19N5O. The number of carbonyl (C=O) groups excluding carboxylic acids is 1. The Kier molecular flexibility index (Phi) is 3.60. The predicted molar refractivity (Wildman–Crippen MR) is 82.8 cm³/mol. The highest BCUT2D eigenvalue weighted by Gasteiger charge is 2.24. The number of nitrogens with zero attached hydrogens (tertiary/aromatic N) is 3. The van der Waals surface area contributed by atoms with E-state index in [2.05, 4.69) is 15.3 Å². The maximum Gasteiger partial charge on any atom is 0.244 e. The smallest absolute Gasteiger partial charge is 0.244 e. The van der Waals surface area contributed by atoms with Crippen molar-refractivity contribution >= 4 is 28.6 Å². The third-order valence-corrected chi connectivity index (χ3v) is 3.74. The van der Waals surface area contributed by atoms with Crippen molar-refractivity contribution in [2.24, 2.45) is 0 Å². The quantitative estimate of drug-likeness (QED) is 0.895. The van der Waals surface area contributed by atoms with E-state index in [-0.39, 0.29) is 11.9 Å². The van der Waals surface area contributed by atoms with Crippen LogP contribution in [0.15, 0.2) is 24.3 Å². The van der Waals surface area contributed by atoms with Crippen molar-refractivity contribution in [1.82, 2.24) is 14.9 Å². The van der Waals surface area contributed by atoms with Gasteiger partial charge in [-0.3, -0.25) is 4.79 Å². The van der Waals surface area contributed by atoms with Gasteiger partial charge < -0.3 is 16.0 Å². The number of anilines is 2. The van der Waals surface area contributed by atoms with Crippen molar-refractivity contribution in [1.29, 1.82) is 0 Å². The Hall–Kier alpha value is -2.37. The zero-order valence-corrected chi connectivity index (χ0v) is 12.0. The zero-order valence-electron chi connectivity index (χ0n) is 12.0. The molecule has 1 fully saturated rings. The molecule has 3 N–H and O–H groups in total. The van der Waals surface area contributed by atoms with Crippen LogP contribution in [0, 0.1) is 0 Å². The highest BCUT2D eigenvalue weighted by atomic mass is 16.2. The summed E-state index contributed by atoms with van der Waals surface area (Å²) in [7, 11) is 0. The summed E-state index contributed by atoms with van der Waals surface area (Å²) < 4.78 is 0. The number of nitrogens with two attached hydrogens (primary N) is 1. The summed E-state index contributed by atoms with van der Waals surface area (Å²) in [5.41, 5.74) is 7.44. The van der Waals surface area contributed by atoms with Gasteiger partial charge in [-0.05, 0) is 31.9 Å². The largest absolute Gasteiger partial charge is 0.381 e. The van der Waals surface area contributed by atoms with Crippen molar-refractivity contribution in [3.05, 3.63) is 24.3 Å². The molecule has 1 aromatic carbocycles. The van der Waals surface area contributed by atoms with Gasteiger partial charge >= 0.3 is 0 Å². The van der Waals surface area contributed by atoms with E-state index in [0.717, 1.165) is 37.0 Å². The monoisotopic (exact) mass is 285 g/mol. The second kappa shape index (κ2) is 5.55. The van der Waals surface area contributed by atoms with Crippen molar-refractivity contribution < 1.29 is 4.79 Å². The number of benzene rings is 1. The number of nitrogens with one attached hydrogen (secondary N) is 1. The second-order valence-electron chi connectivity index (χ2n) is 5.34. The molecule has 1 aliphatic rings. The highest BCUT2D eigenvalue weighted by molar-refractivity contribution is 5.86. The van der Waals surface area contributed by atoms with Gasteiger partial charge in [0.1, 0.15) is 6.04 Å². The van der Waals surface area contributed by atoms with E-state index in [0.29, 0.717) is 11.6 Å². The first-order valence-electron chi connectivity index (χ1n) is 7.23. The number of hydrogen-bond donors (Lipinski definition) is 2. The number of rotatable bonds is 3. The van der Waals surface area contributed by atoms with Crippen LogP contribution in [-0.2, 0) is 4.79 Å². The fourth-order valence-corrected chi connectivity index (χ4v) is 2.60. The maximum atomic E-state index is 12.3. The van der Waals surface area contributed by atoms with E-state index in [1.54, 1.807) is 0 Å². The molecule has 1 atom stereocenters. The van der Waals surface area contributed by atoms with Crippen LogP contribution < -0.4 is 11.1 Å². The lowest BCUT2D eigenvalue weighted by atomic mass is 10.2. The number of nitrogen functional groups attached to an aromatic ring is 1. The molecule has 1 aliphatic heterocycles. The molecule has 6 nitrogen and oxygen atoms in total. The highest BCUT2D eigenvalue weighted by Crippen LogP contribution is 2.20. The lowest BCUT2D eigenvalue weighted by molar-refractivity contribution is -0.130. The number of amides is 1. The lowest BCUT2D eigenvalue weighted by Crippen LogP contribution is -2.40. The summed E-state index contributed by atoms with van der Waals surface area (Å²) in [4.78, 5) is 22.9. The van der Waals surface area contributed by atoms with E-state index >= 15 is 0 Å². The van der Waals surface area contributed by atoms with Crippen molar-refractivity contribution in [3.8, 4) is 0 Å². The summed E-state index contributed by atoms with van der Waals surface area (Å²) >= 11 is 0. The maximum absolute atomic E-state index is 12.3. The van der Waals surface area contributed by atoms with Gasteiger partial charge in [-0.15, -0.1) is 0 Å². The standard InChI is InChI=1S/C15H19N5O/c1-10(15(21)20-8-4-5-9-20)17-14-13(16)18-11-6-2-3-7-12(11)19-14/h2-3,6-7,10H,4-5,8-9H2,1H3,(H2,16,18)(H,17,19). The topological polar surface area (TPSA) is 84.1 Å². The molecule has 2 aromatic rings. The molecule has 6 heteroatoms. The molecular weight excluding hydrogens is 266 g/mol. The number of carbonyl (C=O) groups is 1. The normalized spacial score (nSPS) is 16.1. The molecule has 0 radical (unpaired) electrons. The van der Waals surface area contributed by atoms with E-state index in [1.165, 1.54) is 0 Å². The van der Waals surface area contributed by atoms with Gasteiger partial charge in [-0.2, -0.15) is 0 Å². The van der Waals surface area contributed by atoms with E-state index in [9.17, 15) is 4.79 Å². The average Bonchev–Trinajstić information content (AvgIpc) is 3.01. The SMILES string of the molecule is CC(Nc1nc2ccccc2nc1N)C(=O)N1CCCC1. The van der Waals surface area contributed by atoms with Crippen molar-refractivity contribution in [2.75, 3.05) is 24.1 Å². The molecule has 1 amide bonds. The Morgan fingerprint density at radius 1 is 1.24 bits per heavy atom. The number of para-hydroxylation sites is 2. The molecule has 21 heavy (non-hydrogen) atoms. The Balaban J connectivity index is 1.80. The van der Waals surface area contributed by atoms with Crippen molar-refractivity contribution in [3.63, 3.8) is 0 Å². The van der Waals surface area contributed by atoms with Gasteiger partial charge in [0.25, 0.3) is 0 Å². The number of hydrogen-bond acceptors (Lipinski definition) is 5. The first kappa shape index (κ1) is 13.6. The van der Waals surface area contributed by atoms with Gasteiger partial charge in [-0.25, -0.2) is 9.97 Å². The first-order valence-corrected chi connectivity index (χ1v) is 7.23. The van der Waals surface area contributed by atoms with Crippen LogP contribution in [0.25, 0.3) is 11.0 Å². The van der Waals surface area contributed by atoms with Crippen molar-refractivity contribution in [2.45, 2.75) is 25.8 Å². The average molecular weight is 285 g/mol. The summed E-state index contributed by atoms with van der Waals surface area (Å²) in [5, 5.41) is 3.09.